The highest BCUT2D eigenvalue weighted by Gasteiger charge is 2.17. The van der Waals surface area contributed by atoms with Gasteiger partial charge in [-0.15, -0.1) is 0 Å². The Kier molecular flexibility index (Phi) is 4.55. The topological polar surface area (TPSA) is 87.0 Å². The van der Waals surface area contributed by atoms with Crippen LogP contribution in [0.2, 0.25) is 0 Å². The molecule has 1 amide bonds. The Bertz CT molecular complexity index is 1370. The van der Waals surface area contributed by atoms with E-state index in [0.29, 0.717) is 33.9 Å². The summed E-state index contributed by atoms with van der Waals surface area (Å²) in [5.74, 6) is 1.25. The van der Waals surface area contributed by atoms with Gasteiger partial charge in [-0.3, -0.25) is 4.79 Å². The van der Waals surface area contributed by atoms with E-state index in [1.807, 2.05) is 36.4 Å². The Hall–Kier alpha value is -4.26. The number of anilines is 1. The number of benzene rings is 3. The molecule has 31 heavy (non-hydrogen) atoms. The molecule has 0 fully saturated rings. The van der Waals surface area contributed by atoms with Crippen molar-refractivity contribution >= 4 is 22.6 Å². The Balaban J connectivity index is 1.44. The van der Waals surface area contributed by atoms with E-state index in [0.717, 1.165) is 11.1 Å². The van der Waals surface area contributed by atoms with Gasteiger partial charge in [0, 0.05) is 11.1 Å². The van der Waals surface area contributed by atoms with Gasteiger partial charge in [-0.1, -0.05) is 30.3 Å². The van der Waals surface area contributed by atoms with Gasteiger partial charge in [0.05, 0.1) is 7.11 Å². The van der Waals surface area contributed by atoms with Gasteiger partial charge in [0.2, 0.25) is 6.79 Å². The lowest BCUT2D eigenvalue weighted by Gasteiger charge is -2.09. The van der Waals surface area contributed by atoms with Crippen molar-refractivity contribution in [3.8, 4) is 28.4 Å². The number of ether oxygens (including phenoxy) is 3. The Morgan fingerprint density at radius 2 is 1.74 bits per heavy atom. The largest absolute Gasteiger partial charge is 0.493 e. The van der Waals surface area contributed by atoms with E-state index < -0.39 is 11.5 Å². The second kappa shape index (κ2) is 7.53. The number of carbonyl (C=O) groups is 1. The van der Waals surface area contributed by atoms with Gasteiger partial charge in [0.25, 0.3) is 5.91 Å². The first-order valence-corrected chi connectivity index (χ1v) is 9.55. The van der Waals surface area contributed by atoms with Crippen LogP contribution in [-0.2, 0) is 0 Å². The monoisotopic (exact) mass is 415 g/mol. The van der Waals surface area contributed by atoms with Crippen LogP contribution in [0.15, 0.2) is 75.9 Å². The van der Waals surface area contributed by atoms with Gasteiger partial charge in [-0.05, 0) is 47.5 Å². The average molecular weight is 415 g/mol. The van der Waals surface area contributed by atoms with Crippen molar-refractivity contribution in [2.45, 2.75) is 0 Å². The van der Waals surface area contributed by atoms with Crippen LogP contribution < -0.4 is 25.2 Å². The van der Waals surface area contributed by atoms with Crippen LogP contribution in [0, 0.1) is 0 Å². The Morgan fingerprint density at radius 3 is 2.61 bits per heavy atom. The molecule has 5 rings (SSSR count). The molecule has 154 valence electrons. The van der Waals surface area contributed by atoms with Crippen LogP contribution in [0.4, 0.5) is 5.69 Å². The molecular formula is C24H17NO6. The maximum absolute atomic E-state index is 12.8. The fraction of sp³-hybridized carbons (Fsp3) is 0.0833. The second-order valence-electron chi connectivity index (χ2n) is 6.93. The highest BCUT2D eigenvalue weighted by atomic mass is 16.7. The van der Waals surface area contributed by atoms with Crippen LogP contribution in [0.1, 0.15) is 10.4 Å². The molecule has 0 saturated heterocycles. The second-order valence-corrected chi connectivity index (χ2v) is 6.93. The number of amides is 1. The third-order valence-electron chi connectivity index (χ3n) is 5.01. The molecule has 7 heteroatoms. The van der Waals surface area contributed by atoms with E-state index in [1.165, 1.54) is 13.2 Å². The summed E-state index contributed by atoms with van der Waals surface area (Å²) in [5, 5.41) is 3.36. The molecule has 7 nitrogen and oxygen atoms in total. The van der Waals surface area contributed by atoms with Gasteiger partial charge in [-0.2, -0.15) is 0 Å². The van der Waals surface area contributed by atoms with Crippen LogP contribution >= 0.6 is 0 Å². The molecule has 0 atom stereocenters. The Morgan fingerprint density at radius 1 is 0.935 bits per heavy atom. The summed E-state index contributed by atoms with van der Waals surface area (Å²) < 4.78 is 21.3. The van der Waals surface area contributed by atoms with Gasteiger partial charge >= 0.3 is 5.63 Å². The number of hydrogen-bond acceptors (Lipinski definition) is 6. The summed E-state index contributed by atoms with van der Waals surface area (Å²) in [6, 6.07) is 19.7. The lowest BCUT2D eigenvalue weighted by Crippen LogP contribution is -2.20. The quantitative estimate of drug-likeness (QED) is 0.496. The average Bonchev–Trinajstić information content (AvgIpc) is 3.26. The third kappa shape index (κ3) is 3.46. The lowest BCUT2D eigenvalue weighted by atomic mass is 10.0. The SMILES string of the molecule is COc1cccc2cc(C(=O)Nc3cccc(-c4ccc5c(c4)OCO5)c3)c(=O)oc12. The van der Waals surface area contributed by atoms with Crippen molar-refractivity contribution in [3.63, 3.8) is 0 Å². The maximum Gasteiger partial charge on any atom is 0.349 e. The molecule has 0 aliphatic carbocycles. The smallest absolute Gasteiger partial charge is 0.349 e. The highest BCUT2D eigenvalue weighted by molar-refractivity contribution is 6.05. The first kappa shape index (κ1) is 18.7. The number of hydrogen-bond donors (Lipinski definition) is 1. The van der Waals surface area contributed by atoms with Crippen LogP contribution in [0.25, 0.3) is 22.1 Å². The first-order chi connectivity index (χ1) is 15.1. The zero-order valence-corrected chi connectivity index (χ0v) is 16.5. The highest BCUT2D eigenvalue weighted by Crippen LogP contribution is 2.36. The van der Waals surface area contributed by atoms with Crippen molar-refractivity contribution in [2.24, 2.45) is 0 Å². The molecule has 1 aliphatic heterocycles. The number of carbonyl (C=O) groups excluding carboxylic acids is 1. The molecule has 2 heterocycles. The summed E-state index contributed by atoms with van der Waals surface area (Å²) in [6.45, 7) is 0.203. The summed E-state index contributed by atoms with van der Waals surface area (Å²) in [6.07, 6.45) is 0. The molecule has 0 unspecified atom stereocenters. The predicted octanol–water partition coefficient (Wildman–Crippen LogP) is 4.45. The van der Waals surface area contributed by atoms with Gasteiger partial charge in [0.15, 0.2) is 22.8 Å². The number of rotatable bonds is 4. The van der Waals surface area contributed by atoms with E-state index in [9.17, 15) is 9.59 Å². The zero-order chi connectivity index (χ0) is 21.4. The van der Waals surface area contributed by atoms with Crippen LogP contribution in [-0.4, -0.2) is 19.8 Å². The summed E-state index contributed by atoms with van der Waals surface area (Å²) in [5.41, 5.74) is 1.82. The molecule has 0 radical (unpaired) electrons. The van der Waals surface area contributed by atoms with E-state index in [-0.39, 0.29) is 12.4 Å². The van der Waals surface area contributed by atoms with Gasteiger partial charge in [0.1, 0.15) is 5.56 Å². The van der Waals surface area contributed by atoms with Gasteiger partial charge < -0.3 is 23.9 Å². The molecule has 0 bridgehead atoms. The molecule has 1 aromatic heterocycles. The zero-order valence-electron chi connectivity index (χ0n) is 16.5. The number of nitrogens with one attached hydrogen (secondary N) is 1. The summed E-state index contributed by atoms with van der Waals surface area (Å²) in [7, 11) is 1.49. The first-order valence-electron chi connectivity index (χ1n) is 9.55. The summed E-state index contributed by atoms with van der Waals surface area (Å²) >= 11 is 0. The standard InChI is InChI=1S/C24H17NO6/c1-28-20-7-3-5-16-11-18(24(27)31-22(16)20)23(26)25-17-6-2-4-14(10-17)15-8-9-19-21(12-15)30-13-29-19/h2-12H,13H2,1H3,(H,25,26). The maximum atomic E-state index is 12.8. The van der Waals surface area contributed by atoms with Crippen LogP contribution in [0.5, 0.6) is 17.2 Å². The molecule has 1 N–H and O–H groups in total. The van der Waals surface area contributed by atoms with Crippen LogP contribution in [0.3, 0.4) is 0 Å². The number of para-hydroxylation sites is 1. The third-order valence-corrected chi connectivity index (χ3v) is 5.01. The molecule has 4 aromatic rings. The van der Waals surface area contributed by atoms with Crippen molar-refractivity contribution in [2.75, 3.05) is 19.2 Å². The lowest BCUT2D eigenvalue weighted by molar-refractivity contribution is 0.102. The molecule has 1 aliphatic rings. The number of fused-ring (bicyclic) bond motifs is 2. The Labute approximate surface area is 176 Å². The van der Waals surface area contributed by atoms with Crippen molar-refractivity contribution in [1.29, 1.82) is 0 Å². The molecule has 0 spiro atoms. The van der Waals surface area contributed by atoms with Crippen molar-refractivity contribution in [3.05, 3.63) is 82.7 Å². The minimum absolute atomic E-state index is 0.0887. The van der Waals surface area contributed by atoms with E-state index >= 15 is 0 Å². The van der Waals surface area contributed by atoms with Gasteiger partial charge in [-0.25, -0.2) is 4.79 Å². The predicted molar refractivity (Wildman–Crippen MR) is 115 cm³/mol. The molecule has 0 saturated carbocycles. The number of methoxy groups -OCH3 is 1. The van der Waals surface area contributed by atoms with Crippen molar-refractivity contribution < 1.29 is 23.4 Å². The minimum atomic E-state index is -0.735. The fourth-order valence-electron chi connectivity index (χ4n) is 3.49. The van der Waals surface area contributed by atoms with Crippen molar-refractivity contribution in [1.82, 2.24) is 0 Å². The molecule has 3 aromatic carbocycles. The molecular weight excluding hydrogens is 398 g/mol. The van der Waals surface area contributed by atoms with E-state index in [1.54, 1.807) is 24.3 Å². The fourth-order valence-corrected chi connectivity index (χ4v) is 3.49. The normalized spacial score (nSPS) is 12.0. The minimum Gasteiger partial charge on any atom is -0.493 e. The van der Waals surface area contributed by atoms with E-state index in [2.05, 4.69) is 5.32 Å². The van der Waals surface area contributed by atoms with E-state index in [4.69, 9.17) is 18.6 Å². The summed E-state index contributed by atoms with van der Waals surface area (Å²) in [4.78, 5) is 25.2.